The molecule has 1 saturated carbocycles. The Bertz CT molecular complexity index is 263. The van der Waals surface area contributed by atoms with Gasteiger partial charge in [-0.15, -0.1) is 0 Å². The van der Waals surface area contributed by atoms with E-state index in [0.29, 0.717) is 11.8 Å². The van der Waals surface area contributed by atoms with Gasteiger partial charge in [-0.05, 0) is 25.7 Å². The molecule has 0 aliphatic heterocycles. The van der Waals surface area contributed by atoms with Gasteiger partial charge in [0.05, 0.1) is 5.92 Å². The fraction of sp³-hybridized carbons (Fsp3) is 0.938. The lowest BCUT2D eigenvalue weighted by Crippen LogP contribution is -2.45. The van der Waals surface area contributed by atoms with Gasteiger partial charge in [0.15, 0.2) is 0 Å². The van der Waals surface area contributed by atoms with Gasteiger partial charge in [-0.2, -0.15) is 0 Å². The van der Waals surface area contributed by atoms with Gasteiger partial charge in [-0.1, -0.05) is 46.0 Å². The van der Waals surface area contributed by atoms with Crippen LogP contribution in [-0.2, 0) is 4.79 Å². The van der Waals surface area contributed by atoms with Crippen LogP contribution in [0.1, 0.15) is 65.7 Å². The van der Waals surface area contributed by atoms with Crippen LogP contribution >= 0.6 is 0 Å². The van der Waals surface area contributed by atoms with Gasteiger partial charge in [-0.25, -0.2) is 0 Å². The van der Waals surface area contributed by atoms with Crippen LogP contribution in [0.3, 0.4) is 0 Å². The number of hydrogen-bond donors (Lipinski definition) is 1. The summed E-state index contributed by atoms with van der Waals surface area (Å²) in [5.74, 6) is 1.01. The maximum absolute atomic E-state index is 12.7. The van der Waals surface area contributed by atoms with E-state index in [4.69, 9.17) is 5.73 Å². The smallest absolute Gasteiger partial charge is 0.227 e. The molecule has 1 fully saturated rings. The molecule has 19 heavy (non-hydrogen) atoms. The Labute approximate surface area is 118 Å². The van der Waals surface area contributed by atoms with Crippen molar-refractivity contribution in [3.63, 3.8) is 0 Å². The zero-order valence-corrected chi connectivity index (χ0v) is 13.0. The Morgan fingerprint density at radius 3 is 2.37 bits per heavy atom. The lowest BCUT2D eigenvalue weighted by molar-refractivity contribution is -0.137. The van der Waals surface area contributed by atoms with Crippen molar-refractivity contribution in [2.45, 2.75) is 71.8 Å². The van der Waals surface area contributed by atoms with Crippen molar-refractivity contribution in [1.29, 1.82) is 0 Å². The van der Waals surface area contributed by atoms with Gasteiger partial charge in [0.2, 0.25) is 5.91 Å². The van der Waals surface area contributed by atoms with E-state index >= 15 is 0 Å². The molecule has 0 aromatic rings. The van der Waals surface area contributed by atoms with Crippen LogP contribution in [0.4, 0.5) is 0 Å². The van der Waals surface area contributed by atoms with Crippen LogP contribution in [0.25, 0.3) is 0 Å². The van der Waals surface area contributed by atoms with E-state index < -0.39 is 0 Å². The third-order valence-electron chi connectivity index (χ3n) is 4.71. The van der Waals surface area contributed by atoms with E-state index in [-0.39, 0.29) is 12.0 Å². The van der Waals surface area contributed by atoms with E-state index in [2.05, 4.69) is 20.8 Å². The molecule has 0 aromatic heterocycles. The van der Waals surface area contributed by atoms with E-state index in [1.807, 2.05) is 4.90 Å². The lowest BCUT2D eigenvalue weighted by Gasteiger charge is -2.31. The predicted molar refractivity (Wildman–Crippen MR) is 80.9 cm³/mol. The molecule has 0 bridgehead atoms. The maximum Gasteiger partial charge on any atom is 0.227 e. The average Bonchev–Trinajstić information content (AvgIpc) is 2.64. The Kier molecular flexibility index (Phi) is 7.44. The molecule has 0 heterocycles. The largest absolute Gasteiger partial charge is 0.342 e. The fourth-order valence-electron chi connectivity index (χ4n) is 3.11. The van der Waals surface area contributed by atoms with Crippen LogP contribution in [0.15, 0.2) is 0 Å². The number of rotatable bonds is 6. The first kappa shape index (κ1) is 16.5. The molecular weight excluding hydrogens is 236 g/mol. The second-order valence-corrected chi connectivity index (χ2v) is 5.97. The predicted octanol–water partition coefficient (Wildman–Crippen LogP) is 3.18. The summed E-state index contributed by atoms with van der Waals surface area (Å²) in [5.41, 5.74) is 6.22. The summed E-state index contributed by atoms with van der Waals surface area (Å²) in [6.45, 7) is 8.24. The molecule has 1 aliphatic rings. The fourth-order valence-corrected chi connectivity index (χ4v) is 3.11. The van der Waals surface area contributed by atoms with Crippen molar-refractivity contribution < 1.29 is 4.79 Å². The van der Waals surface area contributed by atoms with E-state index in [1.165, 1.54) is 12.8 Å². The van der Waals surface area contributed by atoms with Crippen LogP contribution in [0.2, 0.25) is 0 Å². The monoisotopic (exact) mass is 268 g/mol. The summed E-state index contributed by atoms with van der Waals surface area (Å²) >= 11 is 0. The number of carbonyl (C=O) groups is 1. The molecule has 0 aromatic carbocycles. The normalized spacial score (nSPS) is 24.3. The molecule has 3 heteroatoms. The molecule has 3 nitrogen and oxygen atoms in total. The second kappa shape index (κ2) is 8.57. The van der Waals surface area contributed by atoms with Crippen molar-refractivity contribution >= 4 is 5.91 Å². The zero-order chi connectivity index (χ0) is 14.3. The standard InChI is InChI=1S/C16H32N2O/c1-4-13(5-2)12-18(6-3)16(19)14-10-8-7-9-11-15(14)17/h13-15H,4-12,17H2,1-3H3. The molecule has 2 atom stereocenters. The van der Waals surface area contributed by atoms with E-state index in [1.54, 1.807) is 0 Å². The number of amides is 1. The highest BCUT2D eigenvalue weighted by atomic mass is 16.2. The first-order chi connectivity index (χ1) is 9.13. The molecule has 1 aliphatic carbocycles. The van der Waals surface area contributed by atoms with Gasteiger partial charge < -0.3 is 10.6 Å². The highest BCUT2D eigenvalue weighted by Crippen LogP contribution is 2.24. The number of hydrogen-bond acceptors (Lipinski definition) is 2. The third kappa shape index (κ3) is 4.79. The van der Waals surface area contributed by atoms with Crippen LogP contribution in [-0.4, -0.2) is 29.9 Å². The third-order valence-corrected chi connectivity index (χ3v) is 4.71. The van der Waals surface area contributed by atoms with Gasteiger partial charge in [0, 0.05) is 19.1 Å². The SMILES string of the molecule is CCC(CC)CN(CC)C(=O)C1CCCCCC1N. The Hall–Kier alpha value is -0.570. The Balaban J connectivity index is 2.65. The van der Waals surface area contributed by atoms with Crippen LogP contribution in [0, 0.1) is 11.8 Å². The maximum atomic E-state index is 12.7. The van der Waals surface area contributed by atoms with Gasteiger partial charge in [0.25, 0.3) is 0 Å². The molecule has 0 saturated heterocycles. The van der Waals surface area contributed by atoms with Crippen molar-refractivity contribution in [1.82, 2.24) is 4.90 Å². The summed E-state index contributed by atoms with van der Waals surface area (Å²) in [7, 11) is 0. The molecule has 1 amide bonds. The average molecular weight is 268 g/mol. The first-order valence-corrected chi connectivity index (χ1v) is 8.18. The number of nitrogens with two attached hydrogens (primary N) is 1. The van der Waals surface area contributed by atoms with E-state index in [9.17, 15) is 4.79 Å². The topological polar surface area (TPSA) is 46.3 Å². The number of carbonyl (C=O) groups excluding carboxylic acids is 1. The molecule has 0 radical (unpaired) electrons. The zero-order valence-electron chi connectivity index (χ0n) is 13.0. The first-order valence-electron chi connectivity index (χ1n) is 8.18. The summed E-state index contributed by atoms with van der Waals surface area (Å²) in [6, 6.07) is 0.0748. The molecule has 0 spiro atoms. The van der Waals surface area contributed by atoms with Gasteiger partial charge in [0.1, 0.15) is 0 Å². The van der Waals surface area contributed by atoms with Crippen LogP contribution < -0.4 is 5.73 Å². The van der Waals surface area contributed by atoms with Crippen molar-refractivity contribution in [3.05, 3.63) is 0 Å². The molecule has 1 rings (SSSR count). The highest BCUT2D eigenvalue weighted by Gasteiger charge is 2.30. The highest BCUT2D eigenvalue weighted by molar-refractivity contribution is 5.79. The van der Waals surface area contributed by atoms with Gasteiger partial charge in [-0.3, -0.25) is 4.79 Å². The van der Waals surface area contributed by atoms with Crippen molar-refractivity contribution in [2.75, 3.05) is 13.1 Å². The summed E-state index contributed by atoms with van der Waals surface area (Å²) in [4.78, 5) is 14.8. The van der Waals surface area contributed by atoms with Crippen LogP contribution in [0.5, 0.6) is 0 Å². The Morgan fingerprint density at radius 2 is 1.79 bits per heavy atom. The number of nitrogens with zero attached hydrogens (tertiary/aromatic N) is 1. The van der Waals surface area contributed by atoms with E-state index in [0.717, 1.165) is 45.2 Å². The molecular formula is C16H32N2O. The summed E-state index contributed by atoms with van der Waals surface area (Å²) in [5, 5.41) is 0. The minimum absolute atomic E-state index is 0.0665. The van der Waals surface area contributed by atoms with Gasteiger partial charge >= 0.3 is 0 Å². The summed E-state index contributed by atoms with van der Waals surface area (Å²) < 4.78 is 0. The second-order valence-electron chi connectivity index (χ2n) is 5.97. The summed E-state index contributed by atoms with van der Waals surface area (Å²) in [6.07, 6.45) is 7.87. The molecule has 112 valence electrons. The lowest BCUT2D eigenvalue weighted by atomic mass is 9.93. The molecule has 2 unspecified atom stereocenters. The molecule has 2 N–H and O–H groups in total. The quantitative estimate of drug-likeness (QED) is 0.752. The minimum Gasteiger partial charge on any atom is -0.342 e. The van der Waals surface area contributed by atoms with Crippen molar-refractivity contribution in [3.8, 4) is 0 Å². The minimum atomic E-state index is 0.0665. The Morgan fingerprint density at radius 1 is 1.16 bits per heavy atom. The van der Waals surface area contributed by atoms with Crippen molar-refractivity contribution in [2.24, 2.45) is 17.6 Å².